The Morgan fingerprint density at radius 3 is 2.14 bits per heavy atom. The van der Waals surface area contributed by atoms with Gasteiger partial charge in [0.1, 0.15) is 0 Å². The predicted octanol–water partition coefficient (Wildman–Crippen LogP) is 1.18. The zero-order valence-electron chi connectivity index (χ0n) is 8.19. The molecule has 0 aliphatic carbocycles. The quantitative estimate of drug-likeness (QED) is 0.557. The zero-order valence-corrected chi connectivity index (χ0v) is 9.34. The van der Waals surface area contributed by atoms with E-state index in [0.29, 0.717) is 0 Å². The summed E-state index contributed by atoms with van der Waals surface area (Å²) in [5.41, 5.74) is 7.76. The van der Waals surface area contributed by atoms with Gasteiger partial charge < -0.3 is 10.6 Å². The lowest BCUT2D eigenvalue weighted by atomic mass is 10.2. The summed E-state index contributed by atoms with van der Waals surface area (Å²) in [6, 6.07) is 8.10. The second-order valence-corrected chi connectivity index (χ2v) is 4.34. The van der Waals surface area contributed by atoms with Gasteiger partial charge in [-0.25, -0.2) is 0 Å². The van der Waals surface area contributed by atoms with E-state index < -0.39 is 0 Å². The average Bonchev–Trinajstić information content (AvgIpc) is 2.21. The summed E-state index contributed by atoms with van der Waals surface area (Å²) < 4.78 is 2.27. The molecule has 2 rings (SSSR count). The van der Waals surface area contributed by atoms with Crippen molar-refractivity contribution in [1.82, 2.24) is 4.67 Å². The van der Waals surface area contributed by atoms with Gasteiger partial charge in [-0.2, -0.15) is 0 Å². The van der Waals surface area contributed by atoms with E-state index in [1.807, 2.05) is 12.1 Å². The summed E-state index contributed by atoms with van der Waals surface area (Å²) in [5, 5.41) is 0. The molecule has 1 heterocycles. The number of nitrogens with two attached hydrogens (primary N) is 1. The van der Waals surface area contributed by atoms with Gasteiger partial charge in [0.15, 0.2) is 0 Å². The van der Waals surface area contributed by atoms with E-state index in [2.05, 4.69) is 31.1 Å². The summed E-state index contributed by atoms with van der Waals surface area (Å²) in [4.78, 5) is 2.39. The Morgan fingerprint density at radius 2 is 1.57 bits per heavy atom. The Hall–Kier alpha value is -0.790. The first kappa shape index (κ1) is 9.75. The van der Waals surface area contributed by atoms with Gasteiger partial charge in [0, 0.05) is 37.6 Å². The van der Waals surface area contributed by atoms with Gasteiger partial charge in [-0.1, -0.05) is 9.39 Å². The molecule has 2 N–H and O–H groups in total. The van der Waals surface area contributed by atoms with Crippen LogP contribution < -0.4 is 10.6 Å². The van der Waals surface area contributed by atoms with Gasteiger partial charge in [0.05, 0.1) is 0 Å². The highest BCUT2D eigenvalue weighted by molar-refractivity contribution is 7.13. The standard InChI is InChI=1S/C10H16N3P/c11-9-1-3-10(4-2-9)12-5-7-13(14)8-6-12/h1-4H,5-8,11,14H2. The third-order valence-electron chi connectivity index (χ3n) is 2.57. The highest BCUT2D eigenvalue weighted by Crippen LogP contribution is 2.18. The Kier molecular flexibility index (Phi) is 2.90. The van der Waals surface area contributed by atoms with Gasteiger partial charge in [-0.15, -0.1) is 0 Å². The van der Waals surface area contributed by atoms with Crippen molar-refractivity contribution in [2.45, 2.75) is 0 Å². The van der Waals surface area contributed by atoms with E-state index in [0.717, 1.165) is 31.9 Å². The van der Waals surface area contributed by atoms with Gasteiger partial charge in [0.25, 0.3) is 0 Å². The van der Waals surface area contributed by atoms with Crippen LogP contribution in [-0.4, -0.2) is 30.8 Å². The van der Waals surface area contributed by atoms with Gasteiger partial charge >= 0.3 is 0 Å². The van der Waals surface area contributed by atoms with Gasteiger partial charge in [-0.05, 0) is 24.3 Å². The molecule has 0 spiro atoms. The summed E-state index contributed by atoms with van der Waals surface area (Å²) in [5.74, 6) is 0. The minimum absolute atomic E-state index is 0.832. The third kappa shape index (κ3) is 2.17. The molecule has 76 valence electrons. The largest absolute Gasteiger partial charge is 0.399 e. The normalized spacial score (nSPS) is 18.5. The maximum atomic E-state index is 5.65. The van der Waals surface area contributed by atoms with Crippen LogP contribution in [0.1, 0.15) is 0 Å². The van der Waals surface area contributed by atoms with Crippen molar-refractivity contribution in [3.63, 3.8) is 0 Å². The Bertz CT molecular complexity index is 291. The molecule has 0 saturated carbocycles. The second kappa shape index (κ2) is 4.16. The van der Waals surface area contributed by atoms with Crippen LogP contribution >= 0.6 is 9.39 Å². The number of nitrogens with zero attached hydrogens (tertiary/aromatic N) is 2. The number of rotatable bonds is 1. The van der Waals surface area contributed by atoms with E-state index in [1.165, 1.54) is 5.69 Å². The average molecular weight is 209 g/mol. The molecule has 0 radical (unpaired) electrons. The molecular formula is C10H16N3P. The lowest BCUT2D eigenvalue weighted by Gasteiger charge is -2.33. The Labute approximate surface area is 87.1 Å². The molecule has 0 aromatic heterocycles. The number of benzene rings is 1. The van der Waals surface area contributed by atoms with E-state index in [4.69, 9.17) is 5.73 Å². The van der Waals surface area contributed by atoms with Crippen molar-refractivity contribution in [3.8, 4) is 0 Å². The van der Waals surface area contributed by atoms with Crippen molar-refractivity contribution in [2.24, 2.45) is 0 Å². The van der Waals surface area contributed by atoms with Crippen LogP contribution in [0.5, 0.6) is 0 Å². The summed E-state index contributed by atoms with van der Waals surface area (Å²) >= 11 is 0. The van der Waals surface area contributed by atoms with Crippen LogP contribution in [0.4, 0.5) is 11.4 Å². The zero-order chi connectivity index (χ0) is 9.97. The maximum absolute atomic E-state index is 5.65. The monoisotopic (exact) mass is 209 g/mol. The SMILES string of the molecule is Nc1ccc(N2CCN(P)CC2)cc1. The number of hydrogen-bond acceptors (Lipinski definition) is 3. The van der Waals surface area contributed by atoms with E-state index in [-0.39, 0.29) is 0 Å². The first-order valence-electron chi connectivity index (χ1n) is 4.86. The molecule has 1 atom stereocenters. The molecule has 1 aromatic carbocycles. The van der Waals surface area contributed by atoms with Crippen molar-refractivity contribution < 1.29 is 0 Å². The highest BCUT2D eigenvalue weighted by Gasteiger charge is 2.13. The Morgan fingerprint density at radius 1 is 1.00 bits per heavy atom. The molecule has 1 aliphatic heterocycles. The van der Waals surface area contributed by atoms with Crippen LogP contribution in [-0.2, 0) is 0 Å². The van der Waals surface area contributed by atoms with Crippen LogP contribution in [0.3, 0.4) is 0 Å². The van der Waals surface area contributed by atoms with Crippen molar-refractivity contribution >= 4 is 20.8 Å². The van der Waals surface area contributed by atoms with Crippen molar-refractivity contribution in [2.75, 3.05) is 36.8 Å². The van der Waals surface area contributed by atoms with E-state index >= 15 is 0 Å². The summed E-state index contributed by atoms with van der Waals surface area (Å²) in [6.45, 7) is 4.39. The fourth-order valence-electron chi connectivity index (χ4n) is 1.67. The van der Waals surface area contributed by atoms with Crippen LogP contribution in [0.15, 0.2) is 24.3 Å². The summed E-state index contributed by atoms with van der Waals surface area (Å²) in [7, 11) is 2.75. The van der Waals surface area contributed by atoms with Gasteiger partial charge in [0.2, 0.25) is 0 Å². The number of nitrogen functional groups attached to an aromatic ring is 1. The smallest absolute Gasteiger partial charge is 0.0368 e. The molecule has 1 aliphatic rings. The number of piperazine rings is 1. The second-order valence-electron chi connectivity index (χ2n) is 3.61. The molecule has 1 fully saturated rings. The van der Waals surface area contributed by atoms with E-state index in [1.54, 1.807) is 0 Å². The van der Waals surface area contributed by atoms with Crippen LogP contribution in [0.25, 0.3) is 0 Å². The molecule has 0 amide bonds. The van der Waals surface area contributed by atoms with Crippen LogP contribution in [0, 0.1) is 0 Å². The number of hydrogen-bond donors (Lipinski definition) is 1. The molecule has 1 unspecified atom stereocenters. The van der Waals surface area contributed by atoms with Gasteiger partial charge in [-0.3, -0.25) is 4.67 Å². The first-order valence-corrected chi connectivity index (χ1v) is 5.37. The minimum atomic E-state index is 0.832. The fourth-order valence-corrected chi connectivity index (χ4v) is 1.90. The predicted molar refractivity (Wildman–Crippen MR) is 64.4 cm³/mol. The molecule has 14 heavy (non-hydrogen) atoms. The minimum Gasteiger partial charge on any atom is -0.399 e. The number of anilines is 2. The molecular weight excluding hydrogens is 193 g/mol. The van der Waals surface area contributed by atoms with Crippen molar-refractivity contribution in [1.29, 1.82) is 0 Å². The molecule has 3 nitrogen and oxygen atoms in total. The topological polar surface area (TPSA) is 32.5 Å². The van der Waals surface area contributed by atoms with E-state index in [9.17, 15) is 0 Å². The summed E-state index contributed by atoms with van der Waals surface area (Å²) in [6.07, 6.45) is 0. The molecule has 4 heteroatoms. The Balaban J connectivity index is 2.05. The van der Waals surface area contributed by atoms with Crippen molar-refractivity contribution in [3.05, 3.63) is 24.3 Å². The van der Waals surface area contributed by atoms with Crippen LogP contribution in [0.2, 0.25) is 0 Å². The molecule has 0 bridgehead atoms. The fraction of sp³-hybridized carbons (Fsp3) is 0.400. The lowest BCUT2D eigenvalue weighted by Crippen LogP contribution is -2.42. The molecule has 1 saturated heterocycles. The highest BCUT2D eigenvalue weighted by atomic mass is 31.0. The molecule has 1 aromatic rings. The lowest BCUT2D eigenvalue weighted by molar-refractivity contribution is 0.429. The maximum Gasteiger partial charge on any atom is 0.0368 e. The third-order valence-corrected chi connectivity index (χ3v) is 3.09. The first-order chi connectivity index (χ1) is 6.75.